The average molecular weight is 451 g/mol. The van der Waals surface area contributed by atoms with E-state index in [0.29, 0.717) is 17.9 Å². The minimum Gasteiger partial charge on any atom is -0.305 e. The van der Waals surface area contributed by atoms with Gasteiger partial charge in [-0.25, -0.2) is 0 Å². The number of H-pyrrole nitrogens is 1. The molecule has 0 fully saturated rings. The third-order valence-electron chi connectivity index (χ3n) is 4.65. The number of anilines is 1. The molecule has 0 aliphatic carbocycles. The monoisotopic (exact) mass is 450 g/mol. The molecule has 4 rings (SSSR count). The Morgan fingerprint density at radius 1 is 1.14 bits per heavy atom. The van der Waals surface area contributed by atoms with Crippen molar-refractivity contribution in [2.75, 3.05) is 5.32 Å². The van der Waals surface area contributed by atoms with E-state index in [4.69, 9.17) is 0 Å². The standard InChI is InChI=1S/C21H19BrN6O/c1-13-20(22)14(2)28(27-13)12-15-3-5-17(6-4-15)21(29)24-19-11-18(25-26-19)16-7-9-23-10-8-16/h3-11H,12H2,1-2H3,(H2,24,25,26,29). The Balaban J connectivity index is 1.43. The lowest BCUT2D eigenvalue weighted by atomic mass is 10.1. The van der Waals surface area contributed by atoms with Gasteiger partial charge in [0.1, 0.15) is 0 Å². The summed E-state index contributed by atoms with van der Waals surface area (Å²) in [5.74, 6) is 0.261. The minimum absolute atomic E-state index is 0.210. The highest BCUT2D eigenvalue weighted by Gasteiger charge is 2.11. The third kappa shape index (κ3) is 4.12. The molecular formula is C21H19BrN6O. The van der Waals surface area contributed by atoms with Crippen molar-refractivity contribution in [3.8, 4) is 11.3 Å². The van der Waals surface area contributed by atoms with Crippen LogP contribution in [0, 0.1) is 13.8 Å². The van der Waals surface area contributed by atoms with Gasteiger partial charge in [0.2, 0.25) is 0 Å². The van der Waals surface area contributed by atoms with E-state index < -0.39 is 0 Å². The summed E-state index contributed by atoms with van der Waals surface area (Å²) >= 11 is 3.54. The summed E-state index contributed by atoms with van der Waals surface area (Å²) < 4.78 is 2.97. The van der Waals surface area contributed by atoms with Crippen LogP contribution >= 0.6 is 15.9 Å². The Morgan fingerprint density at radius 2 is 1.86 bits per heavy atom. The molecule has 0 radical (unpaired) electrons. The van der Waals surface area contributed by atoms with E-state index in [1.54, 1.807) is 18.5 Å². The lowest BCUT2D eigenvalue weighted by molar-refractivity contribution is 0.102. The van der Waals surface area contributed by atoms with Crippen LogP contribution in [0.2, 0.25) is 0 Å². The molecule has 0 aliphatic rings. The Hall–Kier alpha value is -3.26. The molecule has 0 spiro atoms. The van der Waals surface area contributed by atoms with Crippen molar-refractivity contribution in [1.82, 2.24) is 25.0 Å². The third-order valence-corrected chi connectivity index (χ3v) is 5.80. The van der Waals surface area contributed by atoms with E-state index >= 15 is 0 Å². The number of halogens is 1. The molecule has 3 heterocycles. The zero-order valence-corrected chi connectivity index (χ0v) is 17.6. The highest BCUT2D eigenvalue weighted by molar-refractivity contribution is 9.10. The maximum atomic E-state index is 12.5. The Kier molecular flexibility index (Phi) is 5.26. The number of benzene rings is 1. The Morgan fingerprint density at radius 3 is 2.52 bits per heavy atom. The lowest BCUT2D eigenvalue weighted by Gasteiger charge is -2.06. The van der Waals surface area contributed by atoms with Crippen molar-refractivity contribution < 1.29 is 4.79 Å². The van der Waals surface area contributed by atoms with Crippen molar-refractivity contribution in [2.45, 2.75) is 20.4 Å². The fraction of sp³-hybridized carbons (Fsp3) is 0.143. The zero-order chi connectivity index (χ0) is 20.4. The first-order valence-electron chi connectivity index (χ1n) is 9.07. The van der Waals surface area contributed by atoms with Gasteiger partial charge in [-0.1, -0.05) is 12.1 Å². The van der Waals surface area contributed by atoms with Crippen LogP contribution in [0.15, 0.2) is 59.3 Å². The molecule has 2 N–H and O–H groups in total. The van der Waals surface area contributed by atoms with Gasteiger partial charge in [0.05, 0.1) is 28.1 Å². The molecule has 0 bridgehead atoms. The molecule has 1 aromatic carbocycles. The maximum Gasteiger partial charge on any atom is 0.256 e. The number of aromatic amines is 1. The molecule has 29 heavy (non-hydrogen) atoms. The number of carbonyl (C=O) groups excluding carboxylic acids is 1. The van der Waals surface area contributed by atoms with Gasteiger partial charge in [0.15, 0.2) is 5.82 Å². The largest absolute Gasteiger partial charge is 0.305 e. The summed E-state index contributed by atoms with van der Waals surface area (Å²) in [4.78, 5) is 16.5. The maximum absolute atomic E-state index is 12.5. The quantitative estimate of drug-likeness (QED) is 0.472. The summed E-state index contributed by atoms with van der Waals surface area (Å²) in [7, 11) is 0. The van der Waals surface area contributed by atoms with Crippen molar-refractivity contribution >= 4 is 27.7 Å². The molecule has 7 nitrogen and oxygen atoms in total. The average Bonchev–Trinajstić information content (AvgIpc) is 3.30. The number of nitrogens with one attached hydrogen (secondary N) is 2. The van der Waals surface area contributed by atoms with Crippen LogP contribution in [-0.4, -0.2) is 30.9 Å². The van der Waals surface area contributed by atoms with Crippen molar-refractivity contribution in [3.63, 3.8) is 0 Å². The second-order valence-electron chi connectivity index (χ2n) is 6.70. The van der Waals surface area contributed by atoms with E-state index in [0.717, 1.165) is 32.7 Å². The van der Waals surface area contributed by atoms with E-state index in [9.17, 15) is 4.79 Å². The second-order valence-corrected chi connectivity index (χ2v) is 7.49. The van der Waals surface area contributed by atoms with Crippen LogP contribution in [0.3, 0.4) is 0 Å². The van der Waals surface area contributed by atoms with Crippen LogP contribution in [0.5, 0.6) is 0 Å². The summed E-state index contributed by atoms with van der Waals surface area (Å²) in [6.07, 6.45) is 3.42. The molecule has 146 valence electrons. The molecule has 1 amide bonds. The van der Waals surface area contributed by atoms with Crippen LogP contribution in [-0.2, 0) is 6.54 Å². The summed E-state index contributed by atoms with van der Waals surface area (Å²) in [5.41, 5.74) is 5.44. The molecule has 0 saturated carbocycles. The Bertz CT molecular complexity index is 1150. The van der Waals surface area contributed by atoms with E-state index in [2.05, 4.69) is 41.5 Å². The second kappa shape index (κ2) is 8.00. The molecule has 0 saturated heterocycles. The van der Waals surface area contributed by atoms with E-state index in [1.165, 1.54) is 0 Å². The number of aryl methyl sites for hydroxylation is 1. The number of pyridine rings is 1. The first kappa shape index (κ1) is 19.1. The first-order valence-corrected chi connectivity index (χ1v) is 9.86. The fourth-order valence-electron chi connectivity index (χ4n) is 3.02. The first-order chi connectivity index (χ1) is 14.0. The predicted molar refractivity (Wildman–Crippen MR) is 115 cm³/mol. The Labute approximate surface area is 176 Å². The predicted octanol–water partition coefficient (Wildman–Crippen LogP) is 4.35. The van der Waals surface area contributed by atoms with Crippen LogP contribution in [0.4, 0.5) is 5.82 Å². The number of amides is 1. The minimum atomic E-state index is -0.210. The number of nitrogens with zero attached hydrogens (tertiary/aromatic N) is 4. The summed E-state index contributed by atoms with van der Waals surface area (Å²) in [5, 5.41) is 14.4. The number of rotatable bonds is 5. The SMILES string of the molecule is Cc1nn(Cc2ccc(C(=O)Nc3cc(-c4ccncc4)[nH]n3)cc2)c(C)c1Br. The van der Waals surface area contributed by atoms with E-state index in [-0.39, 0.29) is 5.91 Å². The fourth-order valence-corrected chi connectivity index (χ4v) is 3.30. The molecule has 8 heteroatoms. The van der Waals surface area contributed by atoms with Gasteiger partial charge < -0.3 is 5.32 Å². The topological polar surface area (TPSA) is 88.5 Å². The van der Waals surface area contributed by atoms with Gasteiger partial charge in [0.25, 0.3) is 5.91 Å². The van der Waals surface area contributed by atoms with Crippen LogP contribution in [0.1, 0.15) is 27.3 Å². The number of hydrogen-bond acceptors (Lipinski definition) is 4. The smallest absolute Gasteiger partial charge is 0.256 e. The zero-order valence-electron chi connectivity index (χ0n) is 16.0. The van der Waals surface area contributed by atoms with Crippen LogP contribution in [0.25, 0.3) is 11.3 Å². The molecule has 0 unspecified atom stereocenters. The van der Waals surface area contributed by atoms with E-state index in [1.807, 2.05) is 54.9 Å². The van der Waals surface area contributed by atoms with Crippen molar-refractivity contribution in [3.05, 3.63) is 81.8 Å². The molecular weight excluding hydrogens is 432 g/mol. The molecule has 0 aliphatic heterocycles. The van der Waals surface area contributed by atoms with Gasteiger partial charge >= 0.3 is 0 Å². The highest BCUT2D eigenvalue weighted by atomic mass is 79.9. The van der Waals surface area contributed by atoms with Crippen LogP contribution < -0.4 is 5.32 Å². The number of aromatic nitrogens is 5. The van der Waals surface area contributed by atoms with Gasteiger partial charge in [-0.3, -0.25) is 19.6 Å². The highest BCUT2D eigenvalue weighted by Crippen LogP contribution is 2.21. The molecule has 0 atom stereocenters. The van der Waals surface area contributed by atoms with Gasteiger partial charge in [-0.05, 0) is 59.6 Å². The summed E-state index contributed by atoms with van der Waals surface area (Å²) in [6, 6.07) is 13.0. The summed E-state index contributed by atoms with van der Waals surface area (Å²) in [6.45, 7) is 4.64. The normalized spacial score (nSPS) is 10.9. The van der Waals surface area contributed by atoms with Gasteiger partial charge in [-0.15, -0.1) is 0 Å². The number of carbonyl (C=O) groups is 1. The van der Waals surface area contributed by atoms with Gasteiger partial charge in [-0.2, -0.15) is 10.2 Å². The number of hydrogen-bond donors (Lipinski definition) is 2. The van der Waals surface area contributed by atoms with Crippen molar-refractivity contribution in [2.24, 2.45) is 0 Å². The molecule has 3 aromatic heterocycles. The van der Waals surface area contributed by atoms with Crippen molar-refractivity contribution in [1.29, 1.82) is 0 Å². The lowest BCUT2D eigenvalue weighted by Crippen LogP contribution is -2.12. The molecule has 4 aromatic rings. The van der Waals surface area contributed by atoms with Gasteiger partial charge in [0, 0.05) is 29.6 Å².